The number of fused-ring (bicyclic) bond motifs is 7. The van der Waals surface area contributed by atoms with E-state index >= 15 is 0 Å². The molecule has 0 unspecified atom stereocenters. The summed E-state index contributed by atoms with van der Waals surface area (Å²) in [7, 11) is 0. The van der Waals surface area contributed by atoms with E-state index in [1.807, 2.05) is 12.3 Å². The van der Waals surface area contributed by atoms with Crippen LogP contribution in [0.15, 0.2) is 176 Å². The molecule has 0 aliphatic rings. The SMILES string of the molecule is c1ccc2cc(-c3ccc(-c4cc(-c5cc6ccccc6c6ccccc56)nc(-c5cc6ccccc6c6ccccc56)n4)cc3)ncc2c1. The highest BCUT2D eigenvalue weighted by Gasteiger charge is 2.17. The molecule has 2 heterocycles. The smallest absolute Gasteiger partial charge is 0.161 e. The lowest BCUT2D eigenvalue weighted by Gasteiger charge is -2.15. The highest BCUT2D eigenvalue weighted by molar-refractivity contribution is 6.15. The molecule has 0 saturated heterocycles. The molecule has 0 saturated carbocycles. The number of nitrogens with zero attached hydrogens (tertiary/aromatic N) is 3. The number of aromatic nitrogens is 3. The third kappa shape index (κ3) is 4.71. The molecule has 50 heavy (non-hydrogen) atoms. The van der Waals surface area contributed by atoms with Crippen molar-refractivity contribution in [3.05, 3.63) is 176 Å². The molecule has 0 fully saturated rings. The summed E-state index contributed by atoms with van der Waals surface area (Å²) >= 11 is 0. The molecule has 10 aromatic rings. The Morgan fingerprint density at radius 3 is 1.40 bits per heavy atom. The maximum Gasteiger partial charge on any atom is 0.161 e. The molecule has 0 bridgehead atoms. The fourth-order valence-electron chi connectivity index (χ4n) is 7.41. The summed E-state index contributed by atoms with van der Waals surface area (Å²) in [4.78, 5) is 15.5. The minimum atomic E-state index is 0.706. The van der Waals surface area contributed by atoms with Crippen molar-refractivity contribution in [2.24, 2.45) is 0 Å². The molecule has 232 valence electrons. The average molecular weight is 636 g/mol. The number of rotatable bonds is 4. The third-order valence-corrected chi connectivity index (χ3v) is 9.89. The van der Waals surface area contributed by atoms with E-state index in [2.05, 4.69) is 164 Å². The van der Waals surface area contributed by atoms with Gasteiger partial charge in [-0.2, -0.15) is 0 Å². The summed E-state index contributed by atoms with van der Waals surface area (Å²) in [5.74, 6) is 0.706. The molecule has 2 aromatic heterocycles. The van der Waals surface area contributed by atoms with Crippen LogP contribution in [-0.2, 0) is 0 Å². The van der Waals surface area contributed by atoms with Crippen molar-refractivity contribution < 1.29 is 0 Å². The number of hydrogen-bond acceptors (Lipinski definition) is 3. The van der Waals surface area contributed by atoms with E-state index in [-0.39, 0.29) is 0 Å². The molecule has 0 radical (unpaired) electrons. The lowest BCUT2D eigenvalue weighted by molar-refractivity contribution is 1.19. The zero-order valence-corrected chi connectivity index (χ0v) is 27.1. The molecular weight excluding hydrogens is 607 g/mol. The van der Waals surface area contributed by atoms with Crippen LogP contribution in [0.5, 0.6) is 0 Å². The summed E-state index contributed by atoms with van der Waals surface area (Å²) in [6.45, 7) is 0. The lowest BCUT2D eigenvalue weighted by atomic mass is 9.94. The summed E-state index contributed by atoms with van der Waals surface area (Å²) < 4.78 is 0. The van der Waals surface area contributed by atoms with E-state index in [1.165, 1.54) is 43.1 Å². The Balaban J connectivity index is 1.21. The van der Waals surface area contributed by atoms with Gasteiger partial charge in [0.05, 0.1) is 17.1 Å². The van der Waals surface area contributed by atoms with Crippen molar-refractivity contribution >= 4 is 53.9 Å². The molecule has 3 nitrogen and oxygen atoms in total. The minimum absolute atomic E-state index is 0.706. The molecule has 0 atom stereocenters. The summed E-state index contributed by atoms with van der Waals surface area (Å²) in [6, 6.07) is 60.1. The average Bonchev–Trinajstić information content (AvgIpc) is 3.20. The second-order valence-electron chi connectivity index (χ2n) is 12.8. The topological polar surface area (TPSA) is 38.7 Å². The molecule has 8 aromatic carbocycles. The van der Waals surface area contributed by atoms with Gasteiger partial charge in [-0.15, -0.1) is 0 Å². The molecule has 0 aliphatic heterocycles. The second kappa shape index (κ2) is 11.5. The van der Waals surface area contributed by atoms with Crippen LogP contribution in [0.3, 0.4) is 0 Å². The molecule has 0 amide bonds. The monoisotopic (exact) mass is 635 g/mol. The highest BCUT2D eigenvalue weighted by atomic mass is 14.9. The standard InChI is InChI=1S/C47H29N3/c1-2-14-35-29-48-44(27-32(35)11-1)30-21-23-31(24-22-30)45-28-46(42-25-33-12-3-5-15-36(33)38-17-7-9-19-40(38)42)50-47(49-45)43-26-34-13-4-6-16-37(34)39-18-8-10-20-41(39)43/h1-29H. The molecule has 3 heteroatoms. The van der Waals surface area contributed by atoms with Gasteiger partial charge in [0.2, 0.25) is 0 Å². The van der Waals surface area contributed by atoms with Gasteiger partial charge in [-0.3, -0.25) is 4.98 Å². The van der Waals surface area contributed by atoms with Gasteiger partial charge in [-0.1, -0.05) is 146 Å². The molecule has 0 spiro atoms. The van der Waals surface area contributed by atoms with Gasteiger partial charge >= 0.3 is 0 Å². The third-order valence-electron chi connectivity index (χ3n) is 9.89. The lowest BCUT2D eigenvalue weighted by Crippen LogP contribution is -1.98. The maximum atomic E-state index is 5.39. The van der Waals surface area contributed by atoms with Crippen molar-refractivity contribution in [1.29, 1.82) is 0 Å². The number of benzene rings is 8. The van der Waals surface area contributed by atoms with E-state index < -0.39 is 0 Å². The van der Waals surface area contributed by atoms with Gasteiger partial charge in [0.15, 0.2) is 5.82 Å². The molecule has 10 rings (SSSR count). The first-order valence-corrected chi connectivity index (χ1v) is 16.9. The number of pyridine rings is 1. The van der Waals surface area contributed by atoms with Crippen LogP contribution in [0.2, 0.25) is 0 Å². The van der Waals surface area contributed by atoms with Crippen LogP contribution >= 0.6 is 0 Å². The molecule has 0 N–H and O–H groups in total. The van der Waals surface area contributed by atoms with E-state index in [1.54, 1.807) is 0 Å². The molecular formula is C47H29N3. The summed E-state index contributed by atoms with van der Waals surface area (Å²) in [5.41, 5.74) is 6.91. The summed E-state index contributed by atoms with van der Waals surface area (Å²) in [6.07, 6.45) is 1.95. The zero-order valence-electron chi connectivity index (χ0n) is 27.1. The quantitative estimate of drug-likeness (QED) is 0.181. The minimum Gasteiger partial charge on any atom is -0.256 e. The Morgan fingerprint density at radius 2 is 0.760 bits per heavy atom. The fraction of sp³-hybridized carbons (Fsp3) is 0. The van der Waals surface area contributed by atoms with Gasteiger partial charge in [-0.05, 0) is 72.7 Å². The maximum absolute atomic E-state index is 5.39. The van der Waals surface area contributed by atoms with Gasteiger partial charge in [-0.25, -0.2) is 9.97 Å². The van der Waals surface area contributed by atoms with E-state index in [9.17, 15) is 0 Å². The van der Waals surface area contributed by atoms with Crippen LogP contribution in [0.4, 0.5) is 0 Å². The highest BCUT2D eigenvalue weighted by Crippen LogP contribution is 2.39. The summed E-state index contributed by atoms with van der Waals surface area (Å²) in [5, 5.41) is 11.8. The normalized spacial score (nSPS) is 11.6. The van der Waals surface area contributed by atoms with Crippen molar-refractivity contribution in [2.75, 3.05) is 0 Å². The first kappa shape index (κ1) is 28.3. The van der Waals surface area contributed by atoms with Crippen molar-refractivity contribution in [2.45, 2.75) is 0 Å². The largest absolute Gasteiger partial charge is 0.256 e. The van der Waals surface area contributed by atoms with Crippen LogP contribution in [-0.4, -0.2) is 15.0 Å². The van der Waals surface area contributed by atoms with Gasteiger partial charge in [0.25, 0.3) is 0 Å². The first-order valence-electron chi connectivity index (χ1n) is 16.9. The van der Waals surface area contributed by atoms with Gasteiger partial charge < -0.3 is 0 Å². The van der Waals surface area contributed by atoms with Gasteiger partial charge in [0, 0.05) is 33.8 Å². The van der Waals surface area contributed by atoms with E-state index in [0.717, 1.165) is 50.1 Å². The van der Waals surface area contributed by atoms with Crippen molar-refractivity contribution in [1.82, 2.24) is 15.0 Å². The van der Waals surface area contributed by atoms with Crippen molar-refractivity contribution in [3.63, 3.8) is 0 Å². The Kier molecular flexibility index (Phi) is 6.49. The predicted octanol–water partition coefficient (Wildman–Crippen LogP) is 12.3. The van der Waals surface area contributed by atoms with E-state index in [4.69, 9.17) is 15.0 Å². The van der Waals surface area contributed by atoms with E-state index in [0.29, 0.717) is 5.82 Å². The number of hydrogen-bond donors (Lipinski definition) is 0. The predicted molar refractivity (Wildman–Crippen MR) is 209 cm³/mol. The fourth-order valence-corrected chi connectivity index (χ4v) is 7.41. The van der Waals surface area contributed by atoms with Gasteiger partial charge in [0.1, 0.15) is 0 Å². The Morgan fingerprint density at radius 1 is 0.300 bits per heavy atom. The van der Waals surface area contributed by atoms with Crippen LogP contribution in [0.25, 0.3) is 99.0 Å². The van der Waals surface area contributed by atoms with Crippen molar-refractivity contribution in [3.8, 4) is 45.2 Å². The second-order valence-corrected chi connectivity index (χ2v) is 12.8. The Bertz CT molecular complexity index is 2790. The van der Waals surface area contributed by atoms with Crippen LogP contribution in [0, 0.1) is 0 Å². The Labute approximate surface area is 289 Å². The Hall–Kier alpha value is -6.71. The zero-order chi connectivity index (χ0) is 33.0. The molecule has 0 aliphatic carbocycles. The van der Waals surface area contributed by atoms with Crippen LogP contribution in [0.1, 0.15) is 0 Å². The van der Waals surface area contributed by atoms with Crippen LogP contribution < -0.4 is 0 Å². The first-order chi connectivity index (χ1) is 24.8.